The van der Waals surface area contributed by atoms with Gasteiger partial charge in [-0.2, -0.15) is 0 Å². The topological polar surface area (TPSA) is 71.0 Å². The quantitative estimate of drug-likeness (QED) is 0.781. The number of fused-ring (bicyclic) bond motifs is 1. The van der Waals surface area contributed by atoms with E-state index in [4.69, 9.17) is 0 Å². The number of hydrogen-bond donors (Lipinski definition) is 1. The van der Waals surface area contributed by atoms with Crippen molar-refractivity contribution in [2.24, 2.45) is 5.92 Å². The van der Waals surface area contributed by atoms with E-state index in [0.29, 0.717) is 18.2 Å². The van der Waals surface area contributed by atoms with Crippen LogP contribution in [0.15, 0.2) is 42.0 Å². The molecule has 3 heterocycles. The maximum atomic E-state index is 12.4. The van der Waals surface area contributed by atoms with Crippen molar-refractivity contribution in [1.29, 1.82) is 0 Å². The molecule has 1 amide bonds. The van der Waals surface area contributed by atoms with Crippen molar-refractivity contribution in [3.05, 3.63) is 47.7 Å². The van der Waals surface area contributed by atoms with Crippen LogP contribution in [0, 0.1) is 5.92 Å². The second-order valence-corrected chi connectivity index (χ2v) is 7.10. The maximum absolute atomic E-state index is 12.4. The minimum Gasteiger partial charge on any atom is -0.350 e. The molecule has 0 saturated carbocycles. The Morgan fingerprint density at radius 3 is 3.00 bits per heavy atom. The van der Waals surface area contributed by atoms with E-state index in [0.717, 1.165) is 42.1 Å². The molecule has 1 unspecified atom stereocenters. The fourth-order valence-electron chi connectivity index (χ4n) is 3.17. The molecule has 128 valence electrons. The largest absolute Gasteiger partial charge is 0.350 e. The number of amides is 1. The zero-order chi connectivity index (χ0) is 17.1. The van der Waals surface area contributed by atoms with Gasteiger partial charge in [-0.05, 0) is 30.9 Å². The molecule has 7 heteroatoms. The van der Waals surface area contributed by atoms with Crippen molar-refractivity contribution < 1.29 is 4.79 Å². The summed E-state index contributed by atoms with van der Waals surface area (Å²) in [5.74, 6) is 0.264. The van der Waals surface area contributed by atoms with Gasteiger partial charge in [0.2, 0.25) is 0 Å². The number of carbonyl (C=O) groups excluding carboxylic acids is 1. The lowest BCUT2D eigenvalue weighted by atomic mass is 9.98. The summed E-state index contributed by atoms with van der Waals surface area (Å²) in [4.78, 5) is 27.8. The second-order valence-electron chi connectivity index (χ2n) is 6.22. The number of benzene rings is 1. The lowest BCUT2D eigenvalue weighted by molar-refractivity contribution is 0.0940. The molecule has 1 fully saturated rings. The first kappa shape index (κ1) is 16.0. The summed E-state index contributed by atoms with van der Waals surface area (Å²) in [7, 11) is 0. The minimum absolute atomic E-state index is 0.162. The van der Waals surface area contributed by atoms with Crippen LogP contribution in [0.1, 0.15) is 23.3 Å². The standard InChI is InChI=1S/C18H19N5OS/c24-17(16-11-20-14-5-1-2-6-15(14)22-16)21-10-13-4-3-8-23(12-13)18-19-7-9-25-18/h1-2,5-7,9,11,13H,3-4,8,10,12H2,(H,21,24). The van der Waals surface area contributed by atoms with Gasteiger partial charge in [0.15, 0.2) is 5.13 Å². The van der Waals surface area contributed by atoms with Crippen molar-refractivity contribution in [2.45, 2.75) is 12.8 Å². The van der Waals surface area contributed by atoms with Gasteiger partial charge in [-0.1, -0.05) is 12.1 Å². The molecule has 1 saturated heterocycles. The predicted molar refractivity (Wildman–Crippen MR) is 98.9 cm³/mol. The molecule has 1 aromatic carbocycles. The first-order chi connectivity index (χ1) is 12.3. The van der Waals surface area contributed by atoms with Crippen LogP contribution in [0.5, 0.6) is 0 Å². The van der Waals surface area contributed by atoms with Gasteiger partial charge in [-0.25, -0.2) is 9.97 Å². The number of carbonyl (C=O) groups is 1. The van der Waals surface area contributed by atoms with E-state index in [-0.39, 0.29) is 5.91 Å². The molecule has 1 aliphatic heterocycles. The van der Waals surface area contributed by atoms with E-state index < -0.39 is 0 Å². The Kier molecular flexibility index (Phi) is 4.56. The third-order valence-corrected chi connectivity index (χ3v) is 5.27. The average molecular weight is 353 g/mol. The molecule has 0 aliphatic carbocycles. The zero-order valence-corrected chi connectivity index (χ0v) is 14.6. The molecular formula is C18H19N5OS. The third kappa shape index (κ3) is 3.61. The Hall–Kier alpha value is -2.54. The zero-order valence-electron chi connectivity index (χ0n) is 13.8. The Labute approximate surface area is 149 Å². The highest BCUT2D eigenvalue weighted by atomic mass is 32.1. The van der Waals surface area contributed by atoms with Gasteiger partial charge in [0.05, 0.1) is 17.2 Å². The molecule has 1 atom stereocenters. The number of nitrogens with one attached hydrogen (secondary N) is 1. The smallest absolute Gasteiger partial charge is 0.271 e. The van der Waals surface area contributed by atoms with Crippen LogP contribution in [0.2, 0.25) is 0 Å². The average Bonchev–Trinajstić information content (AvgIpc) is 3.21. The Morgan fingerprint density at radius 2 is 2.16 bits per heavy atom. The molecule has 1 aliphatic rings. The number of hydrogen-bond acceptors (Lipinski definition) is 6. The van der Waals surface area contributed by atoms with Crippen molar-refractivity contribution >= 4 is 33.4 Å². The van der Waals surface area contributed by atoms with Crippen molar-refractivity contribution in [1.82, 2.24) is 20.3 Å². The molecule has 6 nitrogen and oxygen atoms in total. The number of aromatic nitrogens is 3. The van der Waals surface area contributed by atoms with Crippen LogP contribution in [0.3, 0.4) is 0 Å². The summed E-state index contributed by atoms with van der Waals surface area (Å²) in [5.41, 5.74) is 1.90. The summed E-state index contributed by atoms with van der Waals surface area (Å²) < 4.78 is 0. The highest BCUT2D eigenvalue weighted by molar-refractivity contribution is 7.13. The number of rotatable bonds is 4. The fraction of sp³-hybridized carbons (Fsp3) is 0.333. The Bertz CT molecular complexity index is 867. The summed E-state index contributed by atoms with van der Waals surface area (Å²) in [5, 5.41) is 6.08. The summed E-state index contributed by atoms with van der Waals surface area (Å²) in [6.45, 7) is 2.61. The molecule has 0 radical (unpaired) electrons. The van der Waals surface area contributed by atoms with Crippen LogP contribution in [0.25, 0.3) is 11.0 Å². The van der Waals surface area contributed by atoms with Gasteiger partial charge in [0, 0.05) is 31.2 Å². The number of anilines is 1. The first-order valence-corrected chi connectivity index (χ1v) is 9.32. The third-order valence-electron chi connectivity index (χ3n) is 4.44. The number of nitrogens with zero attached hydrogens (tertiary/aromatic N) is 4. The lowest BCUT2D eigenvalue weighted by Crippen LogP contribution is -2.41. The normalized spacial score (nSPS) is 17.6. The van der Waals surface area contributed by atoms with Crippen LogP contribution in [0.4, 0.5) is 5.13 Å². The van der Waals surface area contributed by atoms with Gasteiger partial charge in [-0.15, -0.1) is 11.3 Å². The molecule has 25 heavy (non-hydrogen) atoms. The predicted octanol–water partition coefficient (Wildman–Crippen LogP) is 2.73. The minimum atomic E-state index is -0.162. The molecule has 0 bridgehead atoms. The van der Waals surface area contributed by atoms with Crippen LogP contribution in [-0.2, 0) is 0 Å². The van der Waals surface area contributed by atoms with Crippen molar-refractivity contribution in [3.8, 4) is 0 Å². The van der Waals surface area contributed by atoms with Crippen LogP contribution >= 0.6 is 11.3 Å². The monoisotopic (exact) mass is 353 g/mol. The van der Waals surface area contributed by atoms with Crippen LogP contribution < -0.4 is 10.2 Å². The Morgan fingerprint density at radius 1 is 1.28 bits per heavy atom. The van der Waals surface area contributed by atoms with E-state index in [1.54, 1.807) is 17.5 Å². The van der Waals surface area contributed by atoms with E-state index in [2.05, 4.69) is 25.2 Å². The van der Waals surface area contributed by atoms with E-state index >= 15 is 0 Å². The SMILES string of the molecule is O=C(NCC1CCCN(c2nccs2)C1)c1cnc2ccccc2n1. The summed E-state index contributed by atoms with van der Waals surface area (Å²) in [6.07, 6.45) is 5.62. The molecule has 1 N–H and O–H groups in total. The van der Waals surface area contributed by atoms with Gasteiger partial charge in [0.1, 0.15) is 5.69 Å². The fourth-order valence-corrected chi connectivity index (χ4v) is 3.85. The molecule has 0 spiro atoms. The van der Waals surface area contributed by atoms with E-state index in [1.807, 2.05) is 35.8 Å². The highest BCUT2D eigenvalue weighted by Gasteiger charge is 2.22. The lowest BCUT2D eigenvalue weighted by Gasteiger charge is -2.32. The maximum Gasteiger partial charge on any atom is 0.271 e. The summed E-state index contributed by atoms with van der Waals surface area (Å²) >= 11 is 1.66. The molecule has 2 aromatic heterocycles. The second kappa shape index (κ2) is 7.14. The van der Waals surface area contributed by atoms with Crippen molar-refractivity contribution in [2.75, 3.05) is 24.5 Å². The molecule has 3 aromatic rings. The molecular weight excluding hydrogens is 334 g/mol. The summed E-state index contributed by atoms with van der Waals surface area (Å²) in [6, 6.07) is 7.56. The van der Waals surface area contributed by atoms with Crippen molar-refractivity contribution in [3.63, 3.8) is 0 Å². The highest BCUT2D eigenvalue weighted by Crippen LogP contribution is 2.24. The first-order valence-electron chi connectivity index (χ1n) is 8.44. The van der Waals surface area contributed by atoms with Crippen LogP contribution in [-0.4, -0.2) is 40.5 Å². The number of para-hydroxylation sites is 2. The van der Waals surface area contributed by atoms with Gasteiger partial charge in [-0.3, -0.25) is 9.78 Å². The van der Waals surface area contributed by atoms with Gasteiger partial charge in [0.25, 0.3) is 5.91 Å². The number of piperidine rings is 1. The van der Waals surface area contributed by atoms with E-state index in [1.165, 1.54) is 0 Å². The van der Waals surface area contributed by atoms with Gasteiger partial charge >= 0.3 is 0 Å². The Balaban J connectivity index is 1.37. The van der Waals surface area contributed by atoms with Gasteiger partial charge < -0.3 is 10.2 Å². The number of thiazole rings is 1. The van der Waals surface area contributed by atoms with E-state index in [9.17, 15) is 4.79 Å². The molecule has 4 rings (SSSR count).